The van der Waals surface area contributed by atoms with Crippen molar-refractivity contribution in [3.63, 3.8) is 0 Å². The summed E-state index contributed by atoms with van der Waals surface area (Å²) in [5.74, 6) is 1.46. The highest BCUT2D eigenvalue weighted by Gasteiger charge is 2.20. The Bertz CT molecular complexity index is 535. The van der Waals surface area contributed by atoms with Crippen molar-refractivity contribution >= 4 is 5.69 Å². The highest BCUT2D eigenvalue weighted by molar-refractivity contribution is 5.71. The van der Waals surface area contributed by atoms with Gasteiger partial charge in [-0.2, -0.15) is 0 Å². The smallest absolute Gasteiger partial charge is 0.228 e. The maximum absolute atomic E-state index is 5.94. The van der Waals surface area contributed by atoms with Crippen LogP contribution < -0.4 is 5.73 Å². The zero-order valence-electron chi connectivity index (χ0n) is 10.7. The van der Waals surface area contributed by atoms with E-state index in [0.717, 1.165) is 16.9 Å². The molecule has 0 atom stereocenters. The number of nitrogens with two attached hydrogens (primary N) is 1. The normalized spacial score (nSPS) is 11.8. The average Bonchev–Trinajstić information content (AvgIpc) is 2.70. The van der Waals surface area contributed by atoms with Gasteiger partial charge in [-0.15, -0.1) is 0 Å². The summed E-state index contributed by atoms with van der Waals surface area (Å²) < 4.78 is 5.78. The molecule has 2 aromatic rings. The Morgan fingerprint density at radius 1 is 1.24 bits per heavy atom. The molecular formula is C14H18N2O. The first-order valence-electron chi connectivity index (χ1n) is 5.71. The number of aryl methyl sites for hydroxylation is 1. The van der Waals surface area contributed by atoms with Crippen molar-refractivity contribution in [2.45, 2.75) is 33.1 Å². The Morgan fingerprint density at radius 2 is 1.94 bits per heavy atom. The fourth-order valence-electron chi connectivity index (χ4n) is 1.60. The predicted molar refractivity (Wildman–Crippen MR) is 69.8 cm³/mol. The topological polar surface area (TPSA) is 52.0 Å². The van der Waals surface area contributed by atoms with Crippen LogP contribution in [0, 0.1) is 6.92 Å². The van der Waals surface area contributed by atoms with Gasteiger partial charge in [-0.3, -0.25) is 0 Å². The summed E-state index contributed by atoms with van der Waals surface area (Å²) in [6, 6.07) is 5.85. The van der Waals surface area contributed by atoms with Gasteiger partial charge in [-0.25, -0.2) is 4.98 Å². The first-order chi connectivity index (χ1) is 7.88. The van der Waals surface area contributed by atoms with Crippen LogP contribution in [0.3, 0.4) is 0 Å². The van der Waals surface area contributed by atoms with E-state index in [0.29, 0.717) is 11.6 Å². The Balaban J connectivity index is 2.47. The van der Waals surface area contributed by atoms with E-state index >= 15 is 0 Å². The number of hydrogen-bond donors (Lipinski definition) is 1. The molecule has 0 bridgehead atoms. The summed E-state index contributed by atoms with van der Waals surface area (Å²) in [5.41, 5.74) is 8.60. The SMILES string of the molecule is Cc1ccc(N)c(-c2ncc(C(C)(C)C)o2)c1. The fourth-order valence-corrected chi connectivity index (χ4v) is 1.60. The van der Waals surface area contributed by atoms with Crippen LogP contribution in [0.5, 0.6) is 0 Å². The van der Waals surface area contributed by atoms with Crippen LogP contribution in [0.2, 0.25) is 0 Å². The number of anilines is 1. The van der Waals surface area contributed by atoms with E-state index in [1.54, 1.807) is 6.20 Å². The third-order valence-corrected chi connectivity index (χ3v) is 2.68. The molecule has 1 aromatic heterocycles. The molecule has 90 valence electrons. The molecule has 0 saturated heterocycles. The van der Waals surface area contributed by atoms with E-state index in [4.69, 9.17) is 10.2 Å². The summed E-state index contributed by atoms with van der Waals surface area (Å²) in [6.07, 6.45) is 1.77. The zero-order chi connectivity index (χ0) is 12.6. The second kappa shape index (κ2) is 3.91. The van der Waals surface area contributed by atoms with Crippen LogP contribution >= 0.6 is 0 Å². The monoisotopic (exact) mass is 230 g/mol. The largest absolute Gasteiger partial charge is 0.441 e. The van der Waals surface area contributed by atoms with E-state index in [-0.39, 0.29) is 5.41 Å². The molecule has 0 radical (unpaired) electrons. The van der Waals surface area contributed by atoms with Crippen LogP contribution in [0.1, 0.15) is 32.1 Å². The summed E-state index contributed by atoms with van der Waals surface area (Å²) in [4.78, 5) is 4.31. The molecule has 0 fully saturated rings. The standard InChI is InChI=1S/C14H18N2O/c1-9-5-6-11(15)10(7-9)13-16-8-12(17-13)14(2,3)4/h5-8H,15H2,1-4H3. The molecule has 1 aromatic carbocycles. The second-order valence-corrected chi connectivity index (χ2v) is 5.37. The quantitative estimate of drug-likeness (QED) is 0.762. The molecule has 2 rings (SSSR count). The van der Waals surface area contributed by atoms with E-state index in [1.165, 1.54) is 0 Å². The highest BCUT2D eigenvalue weighted by atomic mass is 16.4. The van der Waals surface area contributed by atoms with Gasteiger partial charge in [0.1, 0.15) is 5.76 Å². The van der Waals surface area contributed by atoms with E-state index < -0.39 is 0 Å². The number of benzene rings is 1. The molecule has 0 amide bonds. The molecule has 0 aliphatic rings. The minimum Gasteiger partial charge on any atom is -0.441 e. The van der Waals surface area contributed by atoms with Gasteiger partial charge < -0.3 is 10.2 Å². The number of hydrogen-bond acceptors (Lipinski definition) is 3. The molecule has 2 N–H and O–H groups in total. The number of nitrogens with zero attached hydrogens (tertiary/aromatic N) is 1. The summed E-state index contributed by atoms with van der Waals surface area (Å²) in [6.45, 7) is 8.31. The maximum atomic E-state index is 5.94. The molecule has 0 aliphatic carbocycles. The van der Waals surface area contributed by atoms with E-state index in [1.807, 2.05) is 25.1 Å². The van der Waals surface area contributed by atoms with Crippen molar-refractivity contribution in [1.29, 1.82) is 0 Å². The molecule has 3 nitrogen and oxygen atoms in total. The third-order valence-electron chi connectivity index (χ3n) is 2.68. The van der Waals surface area contributed by atoms with Crippen molar-refractivity contribution in [3.8, 4) is 11.5 Å². The van der Waals surface area contributed by atoms with Crippen LogP contribution in [0.15, 0.2) is 28.8 Å². The lowest BCUT2D eigenvalue weighted by Crippen LogP contribution is -2.09. The Morgan fingerprint density at radius 3 is 2.53 bits per heavy atom. The molecule has 3 heteroatoms. The van der Waals surface area contributed by atoms with E-state index in [9.17, 15) is 0 Å². The van der Waals surface area contributed by atoms with Gasteiger partial charge in [-0.05, 0) is 19.1 Å². The average molecular weight is 230 g/mol. The maximum Gasteiger partial charge on any atom is 0.228 e. The van der Waals surface area contributed by atoms with Gasteiger partial charge >= 0.3 is 0 Å². The number of nitrogen functional groups attached to an aromatic ring is 1. The van der Waals surface area contributed by atoms with Crippen molar-refractivity contribution in [3.05, 3.63) is 35.7 Å². The minimum atomic E-state index is -0.0379. The Kier molecular flexibility index (Phi) is 2.69. The number of rotatable bonds is 1. The predicted octanol–water partition coefficient (Wildman–Crippen LogP) is 3.53. The zero-order valence-corrected chi connectivity index (χ0v) is 10.7. The summed E-state index contributed by atoms with van der Waals surface area (Å²) in [5, 5.41) is 0. The number of oxazole rings is 1. The van der Waals surface area contributed by atoms with Gasteiger partial charge in [0, 0.05) is 11.1 Å². The third kappa shape index (κ3) is 2.33. The Hall–Kier alpha value is -1.77. The van der Waals surface area contributed by atoms with Crippen LogP contribution in [-0.2, 0) is 5.41 Å². The van der Waals surface area contributed by atoms with E-state index in [2.05, 4.69) is 25.8 Å². The lowest BCUT2D eigenvalue weighted by Gasteiger charge is -2.13. The fraction of sp³-hybridized carbons (Fsp3) is 0.357. The van der Waals surface area contributed by atoms with Crippen LogP contribution in [-0.4, -0.2) is 4.98 Å². The lowest BCUT2D eigenvalue weighted by molar-refractivity contribution is 0.416. The first kappa shape index (κ1) is 11.7. The molecule has 17 heavy (non-hydrogen) atoms. The number of aromatic nitrogens is 1. The molecular weight excluding hydrogens is 212 g/mol. The first-order valence-corrected chi connectivity index (χ1v) is 5.71. The highest BCUT2D eigenvalue weighted by Crippen LogP contribution is 2.30. The van der Waals surface area contributed by atoms with Crippen molar-refractivity contribution in [2.75, 3.05) is 5.73 Å². The molecule has 0 spiro atoms. The summed E-state index contributed by atoms with van der Waals surface area (Å²) in [7, 11) is 0. The van der Waals surface area contributed by atoms with Crippen LogP contribution in [0.4, 0.5) is 5.69 Å². The summed E-state index contributed by atoms with van der Waals surface area (Å²) >= 11 is 0. The van der Waals surface area contributed by atoms with Crippen LogP contribution in [0.25, 0.3) is 11.5 Å². The van der Waals surface area contributed by atoms with Gasteiger partial charge in [0.25, 0.3) is 0 Å². The van der Waals surface area contributed by atoms with Gasteiger partial charge in [0.15, 0.2) is 0 Å². The van der Waals surface area contributed by atoms with Crippen molar-refractivity contribution in [1.82, 2.24) is 4.98 Å². The second-order valence-electron chi connectivity index (χ2n) is 5.37. The molecule has 1 heterocycles. The molecule has 0 aliphatic heterocycles. The van der Waals surface area contributed by atoms with Gasteiger partial charge in [-0.1, -0.05) is 32.4 Å². The van der Waals surface area contributed by atoms with Gasteiger partial charge in [0.2, 0.25) is 5.89 Å². The van der Waals surface area contributed by atoms with Gasteiger partial charge in [0.05, 0.1) is 11.8 Å². The Labute approximate surface area is 102 Å². The van der Waals surface area contributed by atoms with Crippen molar-refractivity contribution < 1.29 is 4.42 Å². The molecule has 0 saturated carbocycles. The van der Waals surface area contributed by atoms with Crippen molar-refractivity contribution in [2.24, 2.45) is 0 Å². The minimum absolute atomic E-state index is 0.0379. The lowest BCUT2D eigenvalue weighted by atomic mass is 9.94. The molecule has 0 unspecified atom stereocenters.